The van der Waals surface area contributed by atoms with Gasteiger partial charge in [-0.1, -0.05) is 6.92 Å². The number of furan rings is 1. The number of amides is 1. The number of anilines is 1. The number of thiophene rings is 1. The number of nitrogens with one attached hydrogen (secondary N) is 1. The standard InChI is InChI=1S/C17H18N4O2S/c1-9-2-4-11-13(6-9)24-17-14(11)16(20-8-21-17)19-7-10-3-5-12(23-10)15(18)22/h3,5,8-9H,2,4,6-7H2,1H3,(H2,18,22)(H,19,20,21)/t9-/m0/s1. The van der Waals surface area contributed by atoms with Gasteiger partial charge < -0.3 is 15.5 Å². The molecule has 0 saturated heterocycles. The van der Waals surface area contributed by atoms with Gasteiger partial charge >= 0.3 is 0 Å². The highest BCUT2D eigenvalue weighted by Crippen LogP contribution is 2.39. The Bertz CT molecular complexity index is 915. The highest BCUT2D eigenvalue weighted by Gasteiger charge is 2.23. The number of nitrogens with two attached hydrogens (primary N) is 1. The number of hydrogen-bond donors (Lipinski definition) is 2. The number of carbonyl (C=O) groups is 1. The molecule has 3 aromatic rings. The second kappa shape index (κ2) is 5.90. The maximum atomic E-state index is 11.1. The summed E-state index contributed by atoms with van der Waals surface area (Å²) in [4.78, 5) is 22.4. The number of hydrogen-bond acceptors (Lipinski definition) is 6. The topological polar surface area (TPSA) is 94.0 Å². The van der Waals surface area contributed by atoms with Crippen LogP contribution in [0, 0.1) is 5.92 Å². The Labute approximate surface area is 143 Å². The Hall–Kier alpha value is -2.41. The number of aryl methyl sites for hydroxylation is 1. The van der Waals surface area contributed by atoms with E-state index < -0.39 is 5.91 Å². The molecule has 24 heavy (non-hydrogen) atoms. The third-order valence-electron chi connectivity index (χ3n) is 4.43. The third kappa shape index (κ3) is 2.65. The van der Waals surface area contributed by atoms with Crippen molar-refractivity contribution in [1.29, 1.82) is 0 Å². The lowest BCUT2D eigenvalue weighted by molar-refractivity contribution is 0.0972. The molecule has 0 aliphatic heterocycles. The molecule has 1 aliphatic rings. The van der Waals surface area contributed by atoms with Gasteiger partial charge in [-0.25, -0.2) is 9.97 Å². The van der Waals surface area contributed by atoms with Crippen molar-refractivity contribution in [2.45, 2.75) is 32.7 Å². The van der Waals surface area contributed by atoms with Crippen molar-refractivity contribution in [1.82, 2.24) is 9.97 Å². The summed E-state index contributed by atoms with van der Waals surface area (Å²) in [5.41, 5.74) is 6.59. The Kier molecular flexibility index (Phi) is 3.72. The van der Waals surface area contributed by atoms with Crippen molar-refractivity contribution in [3.8, 4) is 0 Å². The summed E-state index contributed by atoms with van der Waals surface area (Å²) in [5.74, 6) is 1.80. The Morgan fingerprint density at radius 2 is 2.33 bits per heavy atom. The van der Waals surface area contributed by atoms with E-state index in [1.807, 2.05) is 0 Å². The Morgan fingerprint density at radius 1 is 1.46 bits per heavy atom. The zero-order chi connectivity index (χ0) is 16.7. The summed E-state index contributed by atoms with van der Waals surface area (Å²) in [6, 6.07) is 3.33. The van der Waals surface area contributed by atoms with Gasteiger partial charge in [0.05, 0.1) is 11.9 Å². The predicted molar refractivity (Wildman–Crippen MR) is 93.2 cm³/mol. The molecule has 3 N–H and O–H groups in total. The first-order chi connectivity index (χ1) is 11.6. The van der Waals surface area contributed by atoms with Gasteiger partial charge in [-0.05, 0) is 42.9 Å². The normalized spacial score (nSPS) is 17.0. The van der Waals surface area contributed by atoms with Crippen LogP contribution in [0.1, 0.15) is 40.1 Å². The lowest BCUT2D eigenvalue weighted by Gasteiger charge is -2.18. The van der Waals surface area contributed by atoms with E-state index >= 15 is 0 Å². The highest BCUT2D eigenvalue weighted by molar-refractivity contribution is 7.19. The number of rotatable bonds is 4. The minimum Gasteiger partial charge on any atom is -0.454 e. The quantitative estimate of drug-likeness (QED) is 0.760. The van der Waals surface area contributed by atoms with Gasteiger partial charge in [0.25, 0.3) is 5.91 Å². The van der Waals surface area contributed by atoms with E-state index in [-0.39, 0.29) is 5.76 Å². The van der Waals surface area contributed by atoms with E-state index in [0.717, 1.165) is 34.8 Å². The maximum absolute atomic E-state index is 11.1. The third-order valence-corrected chi connectivity index (χ3v) is 5.59. The number of nitrogens with zero attached hydrogens (tertiary/aromatic N) is 2. The van der Waals surface area contributed by atoms with E-state index in [0.29, 0.717) is 12.3 Å². The summed E-state index contributed by atoms with van der Waals surface area (Å²) in [5, 5.41) is 4.44. The monoisotopic (exact) mass is 342 g/mol. The summed E-state index contributed by atoms with van der Waals surface area (Å²) >= 11 is 1.77. The molecular formula is C17H18N4O2S. The first-order valence-corrected chi connectivity index (χ1v) is 8.81. The number of carbonyl (C=O) groups excluding carboxylic acids is 1. The van der Waals surface area contributed by atoms with Crippen LogP contribution >= 0.6 is 11.3 Å². The van der Waals surface area contributed by atoms with E-state index in [1.54, 1.807) is 29.8 Å². The predicted octanol–water partition coefficient (Wildman–Crippen LogP) is 3.12. The van der Waals surface area contributed by atoms with Crippen LogP contribution in [0.2, 0.25) is 0 Å². The van der Waals surface area contributed by atoms with Crippen molar-refractivity contribution in [3.63, 3.8) is 0 Å². The van der Waals surface area contributed by atoms with E-state index in [9.17, 15) is 4.79 Å². The van der Waals surface area contributed by atoms with Crippen molar-refractivity contribution >= 4 is 33.3 Å². The van der Waals surface area contributed by atoms with Gasteiger partial charge in [0.2, 0.25) is 0 Å². The van der Waals surface area contributed by atoms with E-state index in [2.05, 4.69) is 22.2 Å². The molecule has 3 aromatic heterocycles. The van der Waals surface area contributed by atoms with Crippen LogP contribution in [0.3, 0.4) is 0 Å². The lowest BCUT2D eigenvalue weighted by Crippen LogP contribution is -2.10. The molecule has 1 atom stereocenters. The fourth-order valence-corrected chi connectivity index (χ4v) is 4.54. The molecule has 0 fully saturated rings. The van der Waals surface area contributed by atoms with Gasteiger partial charge in [0.1, 0.15) is 22.7 Å². The largest absolute Gasteiger partial charge is 0.454 e. The smallest absolute Gasteiger partial charge is 0.284 e. The molecule has 6 nitrogen and oxygen atoms in total. The molecular weight excluding hydrogens is 324 g/mol. The van der Waals surface area contributed by atoms with Gasteiger partial charge in [-0.15, -0.1) is 11.3 Å². The Morgan fingerprint density at radius 3 is 3.12 bits per heavy atom. The minimum absolute atomic E-state index is 0.168. The molecule has 0 spiro atoms. The summed E-state index contributed by atoms with van der Waals surface area (Å²) in [6.07, 6.45) is 4.99. The molecule has 0 unspecified atom stereocenters. The van der Waals surface area contributed by atoms with Gasteiger partial charge in [0, 0.05) is 4.88 Å². The van der Waals surface area contributed by atoms with E-state index in [4.69, 9.17) is 10.2 Å². The van der Waals surface area contributed by atoms with Gasteiger partial charge in [-0.2, -0.15) is 0 Å². The fraction of sp³-hybridized carbons (Fsp3) is 0.353. The zero-order valence-electron chi connectivity index (χ0n) is 13.3. The molecule has 124 valence electrons. The summed E-state index contributed by atoms with van der Waals surface area (Å²) in [6.45, 7) is 2.74. The minimum atomic E-state index is -0.563. The van der Waals surface area contributed by atoms with Gasteiger partial charge in [0.15, 0.2) is 5.76 Å². The highest BCUT2D eigenvalue weighted by atomic mass is 32.1. The van der Waals surface area contributed by atoms with Crippen LogP contribution in [-0.4, -0.2) is 15.9 Å². The van der Waals surface area contributed by atoms with Crippen molar-refractivity contribution < 1.29 is 9.21 Å². The molecule has 0 aromatic carbocycles. The van der Waals surface area contributed by atoms with Crippen molar-refractivity contribution in [2.24, 2.45) is 11.7 Å². The van der Waals surface area contributed by atoms with Crippen LogP contribution in [0.4, 0.5) is 5.82 Å². The molecule has 4 rings (SSSR count). The van der Waals surface area contributed by atoms with Crippen molar-refractivity contribution in [3.05, 3.63) is 40.4 Å². The van der Waals surface area contributed by atoms with Crippen molar-refractivity contribution in [2.75, 3.05) is 5.32 Å². The first-order valence-electron chi connectivity index (χ1n) is 7.99. The molecule has 0 radical (unpaired) electrons. The fourth-order valence-electron chi connectivity index (χ4n) is 3.19. The molecule has 1 amide bonds. The number of aromatic nitrogens is 2. The Balaban J connectivity index is 1.63. The molecule has 0 bridgehead atoms. The van der Waals surface area contributed by atoms with Crippen LogP contribution < -0.4 is 11.1 Å². The molecule has 7 heteroatoms. The van der Waals surface area contributed by atoms with Crippen LogP contribution in [0.5, 0.6) is 0 Å². The zero-order valence-corrected chi connectivity index (χ0v) is 14.2. The SMILES string of the molecule is C[C@H]1CCc2c(sc3ncnc(NCc4ccc(C(N)=O)o4)c23)C1. The second-order valence-corrected chi connectivity index (χ2v) is 7.32. The molecule has 3 heterocycles. The lowest BCUT2D eigenvalue weighted by atomic mass is 9.89. The van der Waals surface area contributed by atoms with Crippen LogP contribution in [0.15, 0.2) is 22.9 Å². The second-order valence-electron chi connectivity index (χ2n) is 6.24. The maximum Gasteiger partial charge on any atom is 0.284 e. The number of primary amides is 1. The summed E-state index contributed by atoms with van der Waals surface area (Å²) in [7, 11) is 0. The van der Waals surface area contributed by atoms with Crippen LogP contribution in [-0.2, 0) is 19.4 Å². The van der Waals surface area contributed by atoms with Gasteiger partial charge in [-0.3, -0.25) is 4.79 Å². The van der Waals surface area contributed by atoms with E-state index in [1.165, 1.54) is 16.9 Å². The average molecular weight is 342 g/mol. The first kappa shape index (κ1) is 15.1. The average Bonchev–Trinajstić information content (AvgIpc) is 3.16. The summed E-state index contributed by atoms with van der Waals surface area (Å²) < 4.78 is 5.41. The molecule has 0 saturated carbocycles. The van der Waals surface area contributed by atoms with Crippen LogP contribution in [0.25, 0.3) is 10.2 Å². The molecule has 1 aliphatic carbocycles. The number of fused-ring (bicyclic) bond motifs is 3.